The molecule has 1 N–H and O–H groups in total. The molecule has 1 amide bonds. The second-order valence-electron chi connectivity index (χ2n) is 6.54. The molecular formula is C15H24ClN5O3. The smallest absolute Gasteiger partial charge is 0.358 e. The number of hydrogen-bond donors (Lipinski definition) is 1. The van der Waals surface area contributed by atoms with E-state index in [9.17, 15) is 14.9 Å². The topological polar surface area (TPSA) is 93.3 Å². The van der Waals surface area contributed by atoms with E-state index in [1.807, 2.05) is 4.90 Å². The van der Waals surface area contributed by atoms with Gasteiger partial charge in [-0.2, -0.15) is 0 Å². The average molecular weight is 358 g/mol. The van der Waals surface area contributed by atoms with Crippen LogP contribution in [0.5, 0.6) is 0 Å². The standard InChI is InChI=1S/C15H23N5O3.ClH/c1-11-17-14(20(22)23)9-19(11)10-15(21)18-6-4-13(5-7-18)16-8-12-2-3-12;/h9,12-13,16H,2-8,10H2,1H3;1H. The zero-order valence-corrected chi connectivity index (χ0v) is 14.6. The van der Waals surface area contributed by atoms with Crippen LogP contribution in [-0.2, 0) is 11.3 Å². The third-order valence-corrected chi connectivity index (χ3v) is 4.70. The number of piperidine rings is 1. The van der Waals surface area contributed by atoms with Crippen molar-refractivity contribution in [2.45, 2.75) is 45.2 Å². The number of carbonyl (C=O) groups excluding carboxylic acids is 1. The number of nitrogens with one attached hydrogen (secondary N) is 1. The Morgan fingerprint density at radius 3 is 2.58 bits per heavy atom. The van der Waals surface area contributed by atoms with Gasteiger partial charge in [0.2, 0.25) is 11.7 Å². The molecule has 0 radical (unpaired) electrons. The maximum absolute atomic E-state index is 12.4. The summed E-state index contributed by atoms with van der Waals surface area (Å²) >= 11 is 0. The third kappa shape index (κ3) is 4.67. The van der Waals surface area contributed by atoms with Crippen molar-refractivity contribution in [3.8, 4) is 0 Å². The van der Waals surface area contributed by atoms with Gasteiger partial charge < -0.3 is 20.3 Å². The third-order valence-electron chi connectivity index (χ3n) is 4.70. The van der Waals surface area contributed by atoms with Crippen molar-refractivity contribution in [3.05, 3.63) is 22.1 Å². The van der Waals surface area contributed by atoms with Gasteiger partial charge in [-0.05, 0) is 48.1 Å². The number of nitro groups is 1. The molecule has 2 fully saturated rings. The van der Waals surface area contributed by atoms with E-state index in [-0.39, 0.29) is 30.7 Å². The molecule has 1 aliphatic carbocycles. The summed E-state index contributed by atoms with van der Waals surface area (Å²) in [6.45, 7) is 4.39. The fraction of sp³-hybridized carbons (Fsp3) is 0.733. The van der Waals surface area contributed by atoms with Gasteiger partial charge in [-0.25, -0.2) is 0 Å². The van der Waals surface area contributed by atoms with E-state index in [1.54, 1.807) is 11.5 Å². The van der Waals surface area contributed by atoms with Gasteiger partial charge in [0.25, 0.3) is 0 Å². The lowest BCUT2D eigenvalue weighted by Crippen LogP contribution is -2.46. The Balaban J connectivity index is 0.00000208. The van der Waals surface area contributed by atoms with E-state index >= 15 is 0 Å². The SMILES string of the molecule is Cc1nc([N+](=O)[O-])cn1CC(=O)N1CCC(NCC2CC2)CC1.Cl. The largest absolute Gasteiger partial charge is 0.381 e. The Morgan fingerprint density at radius 1 is 1.38 bits per heavy atom. The van der Waals surface area contributed by atoms with E-state index in [0.717, 1.165) is 38.4 Å². The highest BCUT2D eigenvalue weighted by Crippen LogP contribution is 2.28. The van der Waals surface area contributed by atoms with Crippen LogP contribution in [0.1, 0.15) is 31.5 Å². The number of rotatable bonds is 6. The average Bonchev–Trinajstić information content (AvgIpc) is 3.29. The molecule has 1 aromatic heterocycles. The molecule has 1 aromatic rings. The summed E-state index contributed by atoms with van der Waals surface area (Å²) in [4.78, 5) is 28.3. The van der Waals surface area contributed by atoms with Crippen LogP contribution in [0, 0.1) is 23.0 Å². The second kappa shape index (κ2) is 7.94. The molecule has 0 spiro atoms. The molecule has 0 unspecified atom stereocenters. The van der Waals surface area contributed by atoms with E-state index in [1.165, 1.54) is 19.0 Å². The molecule has 0 bridgehead atoms. The van der Waals surface area contributed by atoms with Crippen molar-refractivity contribution in [2.75, 3.05) is 19.6 Å². The number of imidazole rings is 1. The molecule has 1 saturated carbocycles. The van der Waals surface area contributed by atoms with E-state index in [2.05, 4.69) is 10.3 Å². The van der Waals surface area contributed by atoms with Crippen molar-refractivity contribution in [2.24, 2.45) is 5.92 Å². The number of amides is 1. The number of carbonyl (C=O) groups is 1. The minimum atomic E-state index is -0.537. The van der Waals surface area contributed by atoms with Gasteiger partial charge in [-0.15, -0.1) is 12.4 Å². The summed E-state index contributed by atoms with van der Waals surface area (Å²) in [5.41, 5.74) is 0. The lowest BCUT2D eigenvalue weighted by Gasteiger charge is -2.32. The van der Waals surface area contributed by atoms with E-state index in [0.29, 0.717) is 11.9 Å². The molecule has 1 aliphatic heterocycles. The summed E-state index contributed by atoms with van der Waals surface area (Å²) in [7, 11) is 0. The van der Waals surface area contributed by atoms with Crippen LogP contribution in [0.3, 0.4) is 0 Å². The van der Waals surface area contributed by atoms with Gasteiger partial charge in [0.05, 0.1) is 0 Å². The maximum atomic E-state index is 12.4. The van der Waals surface area contributed by atoms with Gasteiger partial charge in [0.15, 0.2) is 0 Å². The van der Waals surface area contributed by atoms with Crippen LogP contribution >= 0.6 is 12.4 Å². The zero-order chi connectivity index (χ0) is 16.4. The minimum Gasteiger partial charge on any atom is -0.358 e. The molecular weight excluding hydrogens is 334 g/mol. The number of aryl methyl sites for hydroxylation is 1. The predicted octanol–water partition coefficient (Wildman–Crippen LogP) is 1.51. The number of nitrogens with zero attached hydrogens (tertiary/aromatic N) is 4. The normalized spacial score (nSPS) is 18.3. The van der Waals surface area contributed by atoms with Crippen molar-refractivity contribution >= 4 is 24.1 Å². The van der Waals surface area contributed by atoms with Crippen molar-refractivity contribution in [1.29, 1.82) is 0 Å². The van der Waals surface area contributed by atoms with Crippen LogP contribution < -0.4 is 5.32 Å². The van der Waals surface area contributed by atoms with Gasteiger partial charge in [-0.1, -0.05) is 0 Å². The molecule has 134 valence electrons. The maximum Gasteiger partial charge on any atom is 0.381 e. The fourth-order valence-corrected chi connectivity index (χ4v) is 2.97. The molecule has 8 nitrogen and oxygen atoms in total. The Morgan fingerprint density at radius 2 is 2.04 bits per heavy atom. The Bertz CT molecular complexity index is 594. The molecule has 2 heterocycles. The summed E-state index contributed by atoms with van der Waals surface area (Å²) in [6.07, 6.45) is 5.97. The number of aromatic nitrogens is 2. The van der Waals surface area contributed by atoms with E-state index in [4.69, 9.17) is 0 Å². The van der Waals surface area contributed by atoms with Gasteiger partial charge in [-0.3, -0.25) is 9.36 Å². The van der Waals surface area contributed by atoms with Gasteiger partial charge in [0, 0.05) is 26.1 Å². The van der Waals surface area contributed by atoms with Crippen molar-refractivity contribution < 1.29 is 9.72 Å². The first-order chi connectivity index (χ1) is 11.0. The van der Waals surface area contributed by atoms with Crippen LogP contribution in [-0.4, -0.2) is 51.0 Å². The summed E-state index contributed by atoms with van der Waals surface area (Å²) < 4.78 is 1.55. The zero-order valence-electron chi connectivity index (χ0n) is 13.8. The molecule has 2 aliphatic rings. The second-order valence-corrected chi connectivity index (χ2v) is 6.54. The summed E-state index contributed by atoms with van der Waals surface area (Å²) in [5, 5.41) is 14.3. The first-order valence-corrected chi connectivity index (χ1v) is 8.22. The Labute approximate surface area is 147 Å². The minimum absolute atomic E-state index is 0. The molecule has 0 atom stereocenters. The molecule has 9 heteroatoms. The summed E-state index contributed by atoms with van der Waals surface area (Å²) in [5.74, 6) is 1.15. The lowest BCUT2D eigenvalue weighted by molar-refractivity contribution is -0.389. The quantitative estimate of drug-likeness (QED) is 0.615. The predicted molar refractivity (Wildman–Crippen MR) is 91.2 cm³/mol. The first-order valence-electron chi connectivity index (χ1n) is 8.22. The molecule has 0 aromatic carbocycles. The van der Waals surface area contributed by atoms with Crippen LogP contribution in [0.15, 0.2) is 6.20 Å². The number of hydrogen-bond acceptors (Lipinski definition) is 5. The Hall–Kier alpha value is -1.67. The van der Waals surface area contributed by atoms with Gasteiger partial charge >= 0.3 is 5.82 Å². The van der Waals surface area contributed by atoms with Crippen LogP contribution in [0.2, 0.25) is 0 Å². The lowest BCUT2D eigenvalue weighted by atomic mass is 10.0. The number of halogens is 1. The summed E-state index contributed by atoms with van der Waals surface area (Å²) in [6, 6.07) is 0.510. The highest BCUT2D eigenvalue weighted by atomic mass is 35.5. The monoisotopic (exact) mass is 357 g/mol. The van der Waals surface area contributed by atoms with Gasteiger partial charge in [0.1, 0.15) is 12.7 Å². The fourth-order valence-electron chi connectivity index (χ4n) is 2.97. The molecule has 3 rings (SSSR count). The Kier molecular flexibility index (Phi) is 6.17. The van der Waals surface area contributed by atoms with Crippen LogP contribution in [0.25, 0.3) is 0 Å². The van der Waals surface area contributed by atoms with Crippen molar-refractivity contribution in [3.63, 3.8) is 0 Å². The highest BCUT2D eigenvalue weighted by Gasteiger charge is 2.26. The molecule has 24 heavy (non-hydrogen) atoms. The van der Waals surface area contributed by atoms with E-state index < -0.39 is 4.92 Å². The number of likely N-dealkylation sites (tertiary alicyclic amines) is 1. The van der Waals surface area contributed by atoms with Crippen molar-refractivity contribution in [1.82, 2.24) is 19.8 Å². The van der Waals surface area contributed by atoms with Crippen LogP contribution in [0.4, 0.5) is 5.82 Å². The first kappa shape index (κ1) is 18.7. The molecule has 1 saturated heterocycles. The highest BCUT2D eigenvalue weighted by molar-refractivity contribution is 5.85.